The smallest absolute Gasteiger partial charge is 0.244 e. The molecule has 3 N–H and O–H groups in total. The summed E-state index contributed by atoms with van der Waals surface area (Å²) in [7, 11) is 0. The Kier molecular flexibility index (Phi) is 9.15. The van der Waals surface area contributed by atoms with E-state index in [9.17, 15) is 19.2 Å². The molecule has 2 saturated heterocycles. The van der Waals surface area contributed by atoms with Crippen LogP contribution in [0.5, 0.6) is 0 Å². The summed E-state index contributed by atoms with van der Waals surface area (Å²) in [6.07, 6.45) is 5.18. The summed E-state index contributed by atoms with van der Waals surface area (Å²) in [5, 5.41) is 16.8. The number of amides is 3. The van der Waals surface area contributed by atoms with E-state index in [0.717, 1.165) is 24.8 Å². The molecule has 0 saturated carbocycles. The van der Waals surface area contributed by atoms with E-state index in [0.29, 0.717) is 39.3 Å². The summed E-state index contributed by atoms with van der Waals surface area (Å²) in [5.41, 5.74) is 0.257. The van der Waals surface area contributed by atoms with E-state index in [-0.39, 0.29) is 31.2 Å². The normalized spacial score (nSPS) is 23.7. The highest BCUT2D eigenvalue weighted by atomic mass is 16.6. The highest BCUT2D eigenvalue weighted by Gasteiger charge is 2.50. The Morgan fingerprint density at radius 2 is 1.88 bits per heavy atom. The molecule has 0 aromatic heterocycles. The molecule has 0 radical (unpaired) electrons. The van der Waals surface area contributed by atoms with Gasteiger partial charge in [-0.3, -0.25) is 24.1 Å². The fourth-order valence-electron chi connectivity index (χ4n) is 4.05. The van der Waals surface area contributed by atoms with Gasteiger partial charge in [0.1, 0.15) is 11.6 Å². The monoisotopic (exact) mass is 475 g/mol. The maximum absolute atomic E-state index is 12.8. The van der Waals surface area contributed by atoms with E-state index in [1.807, 2.05) is 11.0 Å². The molecule has 3 atom stereocenters. The second-order valence-electron chi connectivity index (χ2n) is 9.05. The van der Waals surface area contributed by atoms with Crippen molar-refractivity contribution in [1.82, 2.24) is 20.9 Å². The SMILES string of the molecule is CC1(C(=O)C(CC2=CCCC2)NC(=O)CNC(=O)C(CC#N)NC(=O)CN2CCOCC2)CO1. The van der Waals surface area contributed by atoms with Crippen LogP contribution in [0.4, 0.5) is 0 Å². The molecule has 3 unspecified atom stereocenters. The fraction of sp³-hybridized carbons (Fsp3) is 0.696. The van der Waals surface area contributed by atoms with Crippen LogP contribution in [0.25, 0.3) is 0 Å². The van der Waals surface area contributed by atoms with Gasteiger partial charge >= 0.3 is 0 Å². The molecule has 34 heavy (non-hydrogen) atoms. The second-order valence-corrected chi connectivity index (χ2v) is 9.05. The van der Waals surface area contributed by atoms with Gasteiger partial charge in [0.2, 0.25) is 17.7 Å². The van der Waals surface area contributed by atoms with E-state index in [2.05, 4.69) is 22.0 Å². The molecule has 11 nitrogen and oxygen atoms in total. The maximum atomic E-state index is 12.8. The Morgan fingerprint density at radius 3 is 2.50 bits per heavy atom. The van der Waals surface area contributed by atoms with E-state index in [4.69, 9.17) is 14.7 Å². The van der Waals surface area contributed by atoms with Crippen molar-refractivity contribution in [3.8, 4) is 6.07 Å². The Bertz CT molecular complexity index is 856. The minimum absolute atomic E-state index is 0.0968. The number of hydrogen-bond acceptors (Lipinski definition) is 8. The van der Waals surface area contributed by atoms with Crippen LogP contribution in [-0.2, 0) is 28.7 Å². The fourth-order valence-corrected chi connectivity index (χ4v) is 4.05. The van der Waals surface area contributed by atoms with Crippen LogP contribution in [0.15, 0.2) is 11.6 Å². The Hall–Kier alpha value is -2.81. The number of morpholine rings is 1. The lowest BCUT2D eigenvalue weighted by atomic mass is 9.94. The molecule has 3 aliphatic rings. The molecule has 2 heterocycles. The van der Waals surface area contributed by atoms with Crippen molar-refractivity contribution in [3.05, 3.63) is 11.6 Å². The quantitative estimate of drug-likeness (QED) is 0.244. The third-order valence-electron chi connectivity index (χ3n) is 6.19. The van der Waals surface area contributed by atoms with Crippen molar-refractivity contribution in [2.75, 3.05) is 46.0 Å². The molecule has 0 aromatic rings. The van der Waals surface area contributed by atoms with Crippen LogP contribution < -0.4 is 16.0 Å². The van der Waals surface area contributed by atoms with Gasteiger partial charge in [-0.25, -0.2) is 0 Å². The number of rotatable bonds is 12. The molecular formula is C23H33N5O6. The van der Waals surface area contributed by atoms with Crippen LogP contribution in [0.1, 0.15) is 39.0 Å². The van der Waals surface area contributed by atoms with Crippen LogP contribution in [0.3, 0.4) is 0 Å². The predicted octanol–water partition coefficient (Wildman–Crippen LogP) is -0.824. The summed E-state index contributed by atoms with van der Waals surface area (Å²) in [5.74, 6) is -1.72. The van der Waals surface area contributed by atoms with Crippen LogP contribution in [-0.4, -0.2) is 92.1 Å². The first-order valence-electron chi connectivity index (χ1n) is 11.7. The summed E-state index contributed by atoms with van der Waals surface area (Å²) >= 11 is 0. The number of Topliss-reactive ketones (excluding diaryl/α,β-unsaturated/α-hetero) is 1. The third kappa shape index (κ3) is 7.62. The lowest BCUT2D eigenvalue weighted by molar-refractivity contribution is -0.132. The van der Waals surface area contributed by atoms with Crippen molar-refractivity contribution in [3.63, 3.8) is 0 Å². The number of allylic oxidation sites excluding steroid dienone is 1. The van der Waals surface area contributed by atoms with E-state index in [1.54, 1.807) is 6.92 Å². The molecule has 0 spiro atoms. The molecule has 0 aromatic carbocycles. The number of epoxide rings is 1. The van der Waals surface area contributed by atoms with Crippen molar-refractivity contribution < 1.29 is 28.7 Å². The number of nitrogens with zero attached hydrogens (tertiary/aromatic N) is 2. The highest BCUT2D eigenvalue weighted by molar-refractivity contribution is 5.97. The van der Waals surface area contributed by atoms with Gasteiger partial charge in [0.15, 0.2) is 5.78 Å². The molecule has 0 bridgehead atoms. The second kappa shape index (κ2) is 12.1. The summed E-state index contributed by atoms with van der Waals surface area (Å²) < 4.78 is 10.5. The van der Waals surface area contributed by atoms with Crippen LogP contribution in [0, 0.1) is 11.3 Å². The number of carbonyl (C=O) groups excluding carboxylic acids is 4. The van der Waals surface area contributed by atoms with Gasteiger partial charge in [-0.15, -0.1) is 0 Å². The molecule has 186 valence electrons. The van der Waals surface area contributed by atoms with Crippen molar-refractivity contribution in [1.29, 1.82) is 5.26 Å². The molecule has 3 rings (SSSR count). The average Bonchev–Trinajstić information content (AvgIpc) is 3.36. The average molecular weight is 476 g/mol. The van der Waals surface area contributed by atoms with E-state index >= 15 is 0 Å². The van der Waals surface area contributed by atoms with E-state index < -0.39 is 29.5 Å². The van der Waals surface area contributed by atoms with Gasteiger partial charge in [-0.2, -0.15) is 5.26 Å². The summed E-state index contributed by atoms with van der Waals surface area (Å²) in [6.45, 7) is 4.06. The first-order valence-corrected chi connectivity index (χ1v) is 11.7. The van der Waals surface area contributed by atoms with Crippen molar-refractivity contribution >= 4 is 23.5 Å². The standard InChI is InChI=1S/C23H33N5O6/c1-23(15-34-23)21(31)18(12-16-4-2-3-5-16)27-19(29)13-25-22(32)17(6-7-24)26-20(30)14-28-8-10-33-11-9-28/h4,17-18H,2-3,5-6,8-15H2,1H3,(H,25,32)(H,26,30)(H,27,29). The first-order chi connectivity index (χ1) is 16.3. The minimum Gasteiger partial charge on any atom is -0.379 e. The zero-order valence-corrected chi connectivity index (χ0v) is 19.6. The van der Waals surface area contributed by atoms with Crippen molar-refractivity contribution in [2.24, 2.45) is 0 Å². The third-order valence-corrected chi connectivity index (χ3v) is 6.19. The molecule has 1 aliphatic carbocycles. The number of nitriles is 1. The molecule has 2 fully saturated rings. The zero-order valence-electron chi connectivity index (χ0n) is 19.6. The summed E-state index contributed by atoms with van der Waals surface area (Å²) in [4.78, 5) is 52.1. The number of ether oxygens (including phenoxy) is 2. The zero-order chi connectivity index (χ0) is 24.6. The minimum atomic E-state index is -1.08. The molecular weight excluding hydrogens is 442 g/mol. The number of nitrogens with one attached hydrogen (secondary N) is 3. The number of carbonyl (C=O) groups is 4. The lowest BCUT2D eigenvalue weighted by Crippen LogP contribution is -2.53. The van der Waals surface area contributed by atoms with Gasteiger partial charge < -0.3 is 25.4 Å². The topological polar surface area (TPSA) is 153 Å². The van der Waals surface area contributed by atoms with E-state index in [1.165, 1.54) is 0 Å². The maximum Gasteiger partial charge on any atom is 0.244 e. The number of hydrogen-bond donors (Lipinski definition) is 3. The Morgan fingerprint density at radius 1 is 1.18 bits per heavy atom. The summed E-state index contributed by atoms with van der Waals surface area (Å²) in [6, 6.07) is 0.0723. The number of ketones is 1. The van der Waals surface area contributed by atoms with Gasteiger partial charge in [0.05, 0.1) is 51.4 Å². The first kappa shape index (κ1) is 25.8. The van der Waals surface area contributed by atoms with Crippen LogP contribution >= 0.6 is 0 Å². The van der Waals surface area contributed by atoms with Crippen LogP contribution in [0.2, 0.25) is 0 Å². The Labute approximate surface area is 199 Å². The van der Waals surface area contributed by atoms with Gasteiger partial charge in [-0.05, 0) is 32.6 Å². The van der Waals surface area contributed by atoms with Crippen molar-refractivity contribution in [2.45, 2.75) is 56.7 Å². The molecule has 11 heteroatoms. The molecule has 2 aliphatic heterocycles. The Balaban J connectivity index is 1.49. The van der Waals surface area contributed by atoms with Gasteiger partial charge in [0, 0.05) is 13.1 Å². The highest BCUT2D eigenvalue weighted by Crippen LogP contribution is 2.31. The largest absolute Gasteiger partial charge is 0.379 e. The van der Waals surface area contributed by atoms with Gasteiger partial charge in [0.25, 0.3) is 0 Å². The lowest BCUT2D eigenvalue weighted by Gasteiger charge is -2.26. The van der Waals surface area contributed by atoms with Gasteiger partial charge in [-0.1, -0.05) is 11.6 Å². The predicted molar refractivity (Wildman–Crippen MR) is 120 cm³/mol. The molecule has 3 amide bonds.